The highest BCUT2D eigenvalue weighted by atomic mass is 16.5. The molecule has 3 heterocycles. The van der Waals surface area contributed by atoms with Crippen LogP contribution in [0.4, 0.5) is 4.79 Å². The van der Waals surface area contributed by atoms with E-state index in [1.54, 1.807) is 24.4 Å². The summed E-state index contributed by atoms with van der Waals surface area (Å²) in [5.74, 6) is -0.836. The number of furan rings is 1. The Morgan fingerprint density at radius 3 is 2.88 bits per heavy atom. The zero-order valence-corrected chi connectivity index (χ0v) is 12.7. The second kappa shape index (κ2) is 6.37. The molecule has 0 saturated carbocycles. The molecule has 3 amide bonds. The van der Waals surface area contributed by atoms with E-state index in [-0.39, 0.29) is 23.8 Å². The second-order valence-corrected chi connectivity index (χ2v) is 4.89. The monoisotopic (exact) mass is 327 g/mol. The number of ether oxygens (including phenoxy) is 1. The smallest absolute Gasteiger partial charge is 0.373 e. The number of imide groups is 1. The van der Waals surface area contributed by atoms with Gasteiger partial charge in [0.2, 0.25) is 5.76 Å². The maximum Gasteiger partial charge on any atom is 0.373 e. The van der Waals surface area contributed by atoms with Crippen molar-refractivity contribution in [3.63, 3.8) is 0 Å². The first-order valence-corrected chi connectivity index (χ1v) is 7.01. The van der Waals surface area contributed by atoms with E-state index in [2.05, 4.69) is 15.0 Å². The molecule has 8 nitrogen and oxygen atoms in total. The van der Waals surface area contributed by atoms with Crippen LogP contribution < -0.4 is 5.32 Å². The number of hydrogen-bond donors (Lipinski definition) is 1. The van der Waals surface area contributed by atoms with Gasteiger partial charge >= 0.3 is 12.0 Å². The number of urea groups is 1. The average molecular weight is 327 g/mol. The zero-order chi connectivity index (χ0) is 17.1. The summed E-state index contributed by atoms with van der Waals surface area (Å²) in [5, 5.41) is 2.49. The fourth-order valence-electron chi connectivity index (χ4n) is 2.15. The molecule has 0 aliphatic carbocycles. The van der Waals surface area contributed by atoms with Gasteiger partial charge in [-0.1, -0.05) is 6.07 Å². The number of aromatic nitrogens is 1. The van der Waals surface area contributed by atoms with Crippen LogP contribution in [0, 0.1) is 0 Å². The molecule has 1 fully saturated rings. The lowest BCUT2D eigenvalue weighted by atomic mass is 10.3. The van der Waals surface area contributed by atoms with Crippen LogP contribution in [0.15, 0.2) is 46.6 Å². The van der Waals surface area contributed by atoms with Crippen LogP contribution in [0.1, 0.15) is 22.0 Å². The van der Waals surface area contributed by atoms with Gasteiger partial charge in [0.1, 0.15) is 11.5 Å². The number of nitrogens with zero attached hydrogens (tertiary/aromatic N) is 2. The predicted octanol–water partition coefficient (Wildman–Crippen LogP) is 1.55. The van der Waals surface area contributed by atoms with Gasteiger partial charge < -0.3 is 14.5 Å². The maximum atomic E-state index is 12.3. The minimum Gasteiger partial charge on any atom is -0.463 e. The van der Waals surface area contributed by atoms with E-state index in [1.807, 2.05) is 0 Å². The fourth-order valence-corrected chi connectivity index (χ4v) is 2.15. The molecule has 0 radical (unpaired) electrons. The molecular formula is C16H13N3O5. The number of rotatable bonds is 4. The van der Waals surface area contributed by atoms with Crippen molar-refractivity contribution in [2.45, 2.75) is 6.54 Å². The molecule has 1 saturated heterocycles. The Labute approximate surface area is 136 Å². The van der Waals surface area contributed by atoms with Crippen LogP contribution in [0.3, 0.4) is 0 Å². The van der Waals surface area contributed by atoms with E-state index < -0.39 is 17.9 Å². The van der Waals surface area contributed by atoms with Crippen molar-refractivity contribution < 1.29 is 23.5 Å². The number of methoxy groups -OCH3 is 1. The van der Waals surface area contributed by atoms with Gasteiger partial charge in [0.15, 0.2) is 0 Å². The normalized spacial score (nSPS) is 15.7. The van der Waals surface area contributed by atoms with Crippen molar-refractivity contribution in [3.8, 4) is 0 Å². The Balaban J connectivity index is 1.76. The SMILES string of the molecule is COC(=O)c1ccc(CN2C(=O)N/C(=C\c3ccccn3)C2=O)o1. The molecule has 24 heavy (non-hydrogen) atoms. The molecule has 1 N–H and O–H groups in total. The molecule has 1 aliphatic heterocycles. The number of carbonyl (C=O) groups is 3. The first-order valence-electron chi connectivity index (χ1n) is 7.01. The number of amides is 3. The van der Waals surface area contributed by atoms with Crippen LogP contribution in [0.2, 0.25) is 0 Å². The van der Waals surface area contributed by atoms with Crippen molar-refractivity contribution in [2.75, 3.05) is 7.11 Å². The Bertz CT molecular complexity index is 825. The van der Waals surface area contributed by atoms with Crippen molar-refractivity contribution in [2.24, 2.45) is 0 Å². The maximum absolute atomic E-state index is 12.3. The van der Waals surface area contributed by atoms with Crippen molar-refractivity contribution in [1.29, 1.82) is 0 Å². The molecule has 1 aliphatic rings. The predicted molar refractivity (Wildman–Crippen MR) is 81.3 cm³/mol. The quantitative estimate of drug-likeness (QED) is 0.519. The Kier molecular flexibility index (Phi) is 4.11. The lowest BCUT2D eigenvalue weighted by Gasteiger charge is -2.09. The van der Waals surface area contributed by atoms with Gasteiger partial charge in [-0.25, -0.2) is 9.59 Å². The van der Waals surface area contributed by atoms with E-state index in [4.69, 9.17) is 4.42 Å². The Morgan fingerprint density at radius 2 is 2.17 bits per heavy atom. The van der Waals surface area contributed by atoms with Gasteiger partial charge in [-0.15, -0.1) is 0 Å². The summed E-state index contributed by atoms with van der Waals surface area (Å²) in [6, 6.07) is 7.59. The van der Waals surface area contributed by atoms with E-state index in [0.29, 0.717) is 5.69 Å². The lowest BCUT2D eigenvalue weighted by molar-refractivity contribution is -0.123. The van der Waals surface area contributed by atoms with Crippen LogP contribution in [-0.4, -0.2) is 34.9 Å². The van der Waals surface area contributed by atoms with Crippen LogP contribution >= 0.6 is 0 Å². The summed E-state index contributed by atoms with van der Waals surface area (Å²) in [6.07, 6.45) is 3.07. The summed E-state index contributed by atoms with van der Waals surface area (Å²) in [4.78, 5) is 40.7. The standard InChI is InChI=1S/C16H13N3O5/c1-23-15(21)13-6-5-11(24-13)9-19-14(20)12(18-16(19)22)8-10-4-2-3-7-17-10/h2-8H,9H2,1H3,(H,18,22)/b12-8-. The van der Waals surface area contributed by atoms with Crippen molar-refractivity contribution in [1.82, 2.24) is 15.2 Å². The molecule has 0 aromatic carbocycles. The van der Waals surface area contributed by atoms with Gasteiger partial charge in [-0.3, -0.25) is 14.7 Å². The van der Waals surface area contributed by atoms with E-state index >= 15 is 0 Å². The van der Waals surface area contributed by atoms with E-state index in [1.165, 1.54) is 25.3 Å². The zero-order valence-electron chi connectivity index (χ0n) is 12.7. The van der Waals surface area contributed by atoms with Crippen LogP contribution in [-0.2, 0) is 16.1 Å². The summed E-state index contributed by atoms with van der Waals surface area (Å²) >= 11 is 0. The van der Waals surface area contributed by atoms with Gasteiger partial charge in [0.25, 0.3) is 5.91 Å². The third-order valence-electron chi connectivity index (χ3n) is 3.30. The minimum absolute atomic E-state index is 0.00352. The van der Waals surface area contributed by atoms with Crippen LogP contribution in [0.25, 0.3) is 6.08 Å². The number of esters is 1. The number of carbonyl (C=O) groups excluding carboxylic acids is 3. The summed E-state index contributed by atoms with van der Waals surface area (Å²) in [5.41, 5.74) is 0.674. The van der Waals surface area contributed by atoms with Crippen molar-refractivity contribution in [3.05, 3.63) is 59.4 Å². The highest BCUT2D eigenvalue weighted by Gasteiger charge is 2.34. The molecule has 0 bridgehead atoms. The molecule has 8 heteroatoms. The third-order valence-corrected chi connectivity index (χ3v) is 3.30. The number of nitrogens with one attached hydrogen (secondary N) is 1. The third kappa shape index (κ3) is 3.02. The molecular weight excluding hydrogens is 314 g/mol. The van der Waals surface area contributed by atoms with Gasteiger partial charge in [-0.05, 0) is 30.3 Å². The van der Waals surface area contributed by atoms with Gasteiger partial charge in [0.05, 0.1) is 19.3 Å². The molecule has 0 atom stereocenters. The number of hydrogen-bond acceptors (Lipinski definition) is 6. The summed E-state index contributed by atoms with van der Waals surface area (Å²) < 4.78 is 9.80. The first-order chi connectivity index (χ1) is 11.6. The second-order valence-electron chi connectivity index (χ2n) is 4.89. The van der Waals surface area contributed by atoms with E-state index in [0.717, 1.165) is 4.90 Å². The first kappa shape index (κ1) is 15.5. The molecule has 3 rings (SSSR count). The molecule has 2 aromatic rings. The highest BCUT2D eigenvalue weighted by molar-refractivity contribution is 6.13. The molecule has 2 aromatic heterocycles. The minimum atomic E-state index is -0.630. The highest BCUT2D eigenvalue weighted by Crippen LogP contribution is 2.18. The number of pyridine rings is 1. The van der Waals surface area contributed by atoms with Gasteiger partial charge in [-0.2, -0.15) is 0 Å². The largest absolute Gasteiger partial charge is 0.463 e. The molecule has 0 spiro atoms. The summed E-state index contributed by atoms with van der Waals surface area (Å²) in [7, 11) is 1.23. The Morgan fingerprint density at radius 1 is 1.33 bits per heavy atom. The van der Waals surface area contributed by atoms with E-state index in [9.17, 15) is 14.4 Å². The van der Waals surface area contributed by atoms with Crippen LogP contribution in [0.5, 0.6) is 0 Å². The molecule has 0 unspecified atom stereocenters. The lowest BCUT2D eigenvalue weighted by Crippen LogP contribution is -2.30. The Hall–Kier alpha value is -3.42. The topological polar surface area (TPSA) is 102 Å². The fraction of sp³-hybridized carbons (Fsp3) is 0.125. The average Bonchev–Trinajstić information content (AvgIpc) is 3.16. The molecule has 122 valence electrons. The van der Waals surface area contributed by atoms with Gasteiger partial charge in [0, 0.05) is 6.20 Å². The summed E-state index contributed by atoms with van der Waals surface area (Å²) in [6.45, 7) is -0.0960. The van der Waals surface area contributed by atoms with Crippen molar-refractivity contribution >= 4 is 24.0 Å².